The third kappa shape index (κ3) is 4.41. The number of amides is 2. The Morgan fingerprint density at radius 2 is 1.79 bits per heavy atom. The van der Waals surface area contributed by atoms with E-state index in [9.17, 15) is 9.59 Å². The summed E-state index contributed by atoms with van der Waals surface area (Å²) in [7, 11) is 0. The maximum atomic E-state index is 12.4. The first-order valence-corrected chi connectivity index (χ1v) is 8.53. The van der Waals surface area contributed by atoms with E-state index in [-0.39, 0.29) is 30.1 Å². The number of nitrogens with one attached hydrogen (secondary N) is 1. The Bertz CT molecular complexity index is 583. The van der Waals surface area contributed by atoms with Crippen molar-refractivity contribution in [3.63, 3.8) is 0 Å². The molecule has 132 valence electrons. The minimum absolute atomic E-state index is 0. The molecule has 2 saturated heterocycles. The van der Waals surface area contributed by atoms with Crippen LogP contribution in [0.1, 0.15) is 12.0 Å². The average Bonchev–Trinajstić information content (AvgIpc) is 3.11. The Kier molecular flexibility index (Phi) is 6.90. The molecule has 7 heteroatoms. The highest BCUT2D eigenvalue weighted by Gasteiger charge is 2.30. The molecule has 0 spiro atoms. The van der Waals surface area contributed by atoms with Gasteiger partial charge in [-0.2, -0.15) is 0 Å². The highest BCUT2D eigenvalue weighted by atomic mass is 35.5. The first kappa shape index (κ1) is 19.0. The molecular weight excluding hydrogens is 349 g/mol. The molecule has 2 aliphatic rings. The highest BCUT2D eigenvalue weighted by molar-refractivity contribution is 6.31. The zero-order valence-electron chi connectivity index (χ0n) is 13.5. The molecule has 1 atom stereocenters. The monoisotopic (exact) mass is 371 g/mol. The summed E-state index contributed by atoms with van der Waals surface area (Å²) in [5.41, 5.74) is 0.856. The van der Waals surface area contributed by atoms with Gasteiger partial charge in [0.25, 0.3) is 0 Å². The predicted molar refractivity (Wildman–Crippen MR) is 96.5 cm³/mol. The van der Waals surface area contributed by atoms with Crippen LogP contribution in [0.4, 0.5) is 0 Å². The Morgan fingerprint density at radius 3 is 2.42 bits per heavy atom. The van der Waals surface area contributed by atoms with Crippen LogP contribution < -0.4 is 5.32 Å². The number of hydrogen-bond donors (Lipinski definition) is 1. The van der Waals surface area contributed by atoms with Gasteiger partial charge in [-0.05, 0) is 24.6 Å². The second kappa shape index (κ2) is 8.70. The first-order chi connectivity index (χ1) is 11.1. The fraction of sp³-hybridized carbons (Fsp3) is 0.529. The van der Waals surface area contributed by atoms with Gasteiger partial charge < -0.3 is 15.1 Å². The van der Waals surface area contributed by atoms with Crippen molar-refractivity contribution in [2.24, 2.45) is 5.92 Å². The van der Waals surface area contributed by atoms with E-state index < -0.39 is 0 Å². The number of rotatable bonds is 3. The standard InChI is InChI=1S/C17H22ClN3O2.ClH/c18-15-4-2-1-3-13(15)11-16(22)20-7-9-21(10-8-20)17(23)14-5-6-19-12-14;/h1-4,14,19H,5-12H2;1H. The van der Waals surface area contributed by atoms with E-state index in [0.29, 0.717) is 37.6 Å². The Hall–Kier alpha value is -1.30. The van der Waals surface area contributed by atoms with Gasteiger partial charge in [0.1, 0.15) is 0 Å². The number of halogens is 2. The van der Waals surface area contributed by atoms with Crippen molar-refractivity contribution in [1.82, 2.24) is 15.1 Å². The van der Waals surface area contributed by atoms with E-state index in [0.717, 1.165) is 25.1 Å². The second-order valence-electron chi connectivity index (χ2n) is 6.16. The fourth-order valence-corrected chi connectivity index (χ4v) is 3.42. The molecule has 1 aromatic rings. The maximum Gasteiger partial charge on any atom is 0.227 e. The number of benzene rings is 1. The summed E-state index contributed by atoms with van der Waals surface area (Å²) in [6, 6.07) is 7.43. The summed E-state index contributed by atoms with van der Waals surface area (Å²) in [5.74, 6) is 0.418. The largest absolute Gasteiger partial charge is 0.339 e. The van der Waals surface area contributed by atoms with Crippen molar-refractivity contribution in [3.8, 4) is 0 Å². The summed E-state index contributed by atoms with van der Waals surface area (Å²) in [6.45, 7) is 4.18. The third-order valence-corrected chi connectivity index (χ3v) is 5.02. The minimum Gasteiger partial charge on any atom is -0.339 e. The number of piperazine rings is 1. The number of carbonyl (C=O) groups excluding carboxylic acids is 2. The molecule has 0 saturated carbocycles. The van der Waals surface area contributed by atoms with E-state index in [4.69, 9.17) is 11.6 Å². The molecule has 0 aromatic heterocycles. The van der Waals surface area contributed by atoms with E-state index in [2.05, 4.69) is 5.32 Å². The van der Waals surface area contributed by atoms with Crippen molar-refractivity contribution in [2.75, 3.05) is 39.3 Å². The van der Waals surface area contributed by atoms with Crippen molar-refractivity contribution in [1.29, 1.82) is 0 Å². The van der Waals surface area contributed by atoms with Gasteiger partial charge in [-0.3, -0.25) is 9.59 Å². The zero-order valence-corrected chi connectivity index (χ0v) is 15.1. The first-order valence-electron chi connectivity index (χ1n) is 8.16. The van der Waals surface area contributed by atoms with Crippen LogP contribution >= 0.6 is 24.0 Å². The molecule has 0 bridgehead atoms. The molecule has 0 radical (unpaired) electrons. The van der Waals surface area contributed by atoms with Crippen molar-refractivity contribution in [3.05, 3.63) is 34.9 Å². The second-order valence-corrected chi connectivity index (χ2v) is 6.57. The summed E-state index contributed by atoms with van der Waals surface area (Å²) in [6.07, 6.45) is 1.24. The highest BCUT2D eigenvalue weighted by Crippen LogP contribution is 2.18. The SMILES string of the molecule is Cl.O=C(Cc1ccccc1Cl)N1CCN(C(=O)C2CCNC2)CC1. The fourth-order valence-electron chi connectivity index (χ4n) is 3.22. The van der Waals surface area contributed by atoms with Crippen molar-refractivity contribution >= 4 is 35.8 Å². The quantitative estimate of drug-likeness (QED) is 0.877. The molecule has 3 rings (SSSR count). The number of hydrogen-bond acceptors (Lipinski definition) is 3. The lowest BCUT2D eigenvalue weighted by Gasteiger charge is -2.36. The van der Waals surface area contributed by atoms with E-state index >= 15 is 0 Å². The van der Waals surface area contributed by atoms with Gasteiger partial charge in [0.15, 0.2) is 0 Å². The van der Waals surface area contributed by atoms with Gasteiger partial charge in [0, 0.05) is 37.7 Å². The van der Waals surface area contributed by atoms with Crippen LogP contribution in [0.25, 0.3) is 0 Å². The van der Waals surface area contributed by atoms with Crippen molar-refractivity contribution in [2.45, 2.75) is 12.8 Å². The lowest BCUT2D eigenvalue weighted by Crippen LogP contribution is -2.52. The molecule has 2 amide bonds. The van der Waals surface area contributed by atoms with Crippen LogP contribution in [0.15, 0.2) is 24.3 Å². The smallest absolute Gasteiger partial charge is 0.227 e. The van der Waals surface area contributed by atoms with Crippen LogP contribution in [0.2, 0.25) is 5.02 Å². The van der Waals surface area contributed by atoms with Gasteiger partial charge in [0.2, 0.25) is 11.8 Å². The molecule has 1 N–H and O–H groups in total. The molecule has 24 heavy (non-hydrogen) atoms. The van der Waals surface area contributed by atoms with Crippen LogP contribution in [-0.4, -0.2) is 60.9 Å². The minimum atomic E-state index is 0. The summed E-state index contributed by atoms with van der Waals surface area (Å²) >= 11 is 6.12. The van der Waals surface area contributed by atoms with Gasteiger partial charge in [0.05, 0.1) is 12.3 Å². The molecule has 5 nitrogen and oxygen atoms in total. The lowest BCUT2D eigenvalue weighted by molar-refractivity contribution is -0.141. The van der Waals surface area contributed by atoms with Gasteiger partial charge in [-0.25, -0.2) is 0 Å². The normalized spacial score (nSPS) is 20.6. The average molecular weight is 372 g/mol. The van der Waals surface area contributed by atoms with Crippen molar-refractivity contribution < 1.29 is 9.59 Å². The maximum absolute atomic E-state index is 12.4. The molecule has 1 aromatic carbocycles. The van der Waals surface area contributed by atoms with Crippen LogP contribution in [0, 0.1) is 5.92 Å². The number of carbonyl (C=O) groups is 2. The summed E-state index contributed by atoms with van der Waals surface area (Å²) < 4.78 is 0. The van der Waals surface area contributed by atoms with Crippen LogP contribution in [0.3, 0.4) is 0 Å². The van der Waals surface area contributed by atoms with Crippen LogP contribution in [0.5, 0.6) is 0 Å². The molecule has 1 unspecified atom stereocenters. The third-order valence-electron chi connectivity index (χ3n) is 4.65. The Morgan fingerprint density at radius 1 is 1.12 bits per heavy atom. The predicted octanol–water partition coefficient (Wildman–Crippen LogP) is 1.58. The zero-order chi connectivity index (χ0) is 16.2. The molecule has 2 heterocycles. The molecule has 2 fully saturated rings. The summed E-state index contributed by atoms with van der Waals surface area (Å²) in [5, 5.41) is 3.86. The van der Waals surface area contributed by atoms with Gasteiger partial charge in [-0.1, -0.05) is 29.8 Å². The van der Waals surface area contributed by atoms with Gasteiger partial charge >= 0.3 is 0 Å². The van der Waals surface area contributed by atoms with E-state index in [1.54, 1.807) is 6.07 Å². The lowest BCUT2D eigenvalue weighted by atomic mass is 10.1. The number of nitrogens with zero attached hydrogens (tertiary/aromatic N) is 2. The Labute approximate surface area is 153 Å². The molecular formula is C17H23Cl2N3O2. The van der Waals surface area contributed by atoms with E-state index in [1.165, 1.54) is 0 Å². The molecule has 2 aliphatic heterocycles. The van der Waals surface area contributed by atoms with Gasteiger partial charge in [-0.15, -0.1) is 12.4 Å². The molecule has 0 aliphatic carbocycles. The van der Waals surface area contributed by atoms with E-state index in [1.807, 2.05) is 28.0 Å². The topological polar surface area (TPSA) is 52.7 Å². The summed E-state index contributed by atoms with van der Waals surface area (Å²) in [4.78, 5) is 28.5. The van der Waals surface area contributed by atoms with Crippen LogP contribution in [-0.2, 0) is 16.0 Å². The Balaban J connectivity index is 0.00000208.